The highest BCUT2D eigenvalue weighted by Gasteiger charge is 2.25. The van der Waals surface area contributed by atoms with Crippen LogP contribution in [0.15, 0.2) is 47.9 Å². The minimum absolute atomic E-state index is 0.142. The predicted molar refractivity (Wildman–Crippen MR) is 137 cm³/mol. The number of hydrogen-bond acceptors (Lipinski definition) is 9. The lowest BCUT2D eigenvalue weighted by Gasteiger charge is -2.18. The number of esters is 1. The average molecular weight is 510 g/mol. The molecule has 2 amide bonds. The summed E-state index contributed by atoms with van der Waals surface area (Å²) < 4.78 is 4.78. The first-order valence-electron chi connectivity index (χ1n) is 11.0. The molecule has 0 fully saturated rings. The Morgan fingerprint density at radius 2 is 1.81 bits per heavy atom. The molecular formula is C25H27N5O5S. The van der Waals surface area contributed by atoms with E-state index in [-0.39, 0.29) is 23.8 Å². The first-order valence-corrected chi connectivity index (χ1v) is 11.9. The van der Waals surface area contributed by atoms with E-state index in [0.717, 1.165) is 0 Å². The number of phenolic OH excluding ortho intramolecular Hbond substituents is 1. The third-order valence-corrected chi connectivity index (χ3v) is 5.98. The monoisotopic (exact) mass is 509 g/mol. The van der Waals surface area contributed by atoms with Gasteiger partial charge in [0.1, 0.15) is 11.8 Å². The van der Waals surface area contributed by atoms with Crippen LogP contribution in [0.25, 0.3) is 6.08 Å². The number of aromatic nitrogens is 2. The summed E-state index contributed by atoms with van der Waals surface area (Å²) in [5.74, 6) is -1.09. The SMILES string of the molecule is COC(=O)C(CNC(=O)c1cccs1)NC(=O)c1c(C)nc(NCC=Cc2ccccc2O)nc1C. The maximum atomic E-state index is 13.0. The van der Waals surface area contributed by atoms with Crippen LogP contribution in [0.4, 0.5) is 5.95 Å². The van der Waals surface area contributed by atoms with Crippen molar-refractivity contribution < 1.29 is 24.2 Å². The summed E-state index contributed by atoms with van der Waals surface area (Å²) in [5, 5.41) is 19.9. The quantitative estimate of drug-likeness (QED) is 0.306. The third kappa shape index (κ3) is 6.89. The van der Waals surface area contributed by atoms with E-state index in [9.17, 15) is 19.5 Å². The molecular weight excluding hydrogens is 482 g/mol. The molecule has 3 aromatic rings. The van der Waals surface area contributed by atoms with Gasteiger partial charge in [0, 0.05) is 18.7 Å². The maximum absolute atomic E-state index is 13.0. The molecule has 36 heavy (non-hydrogen) atoms. The number of benzene rings is 1. The number of para-hydroxylation sites is 1. The Balaban J connectivity index is 1.64. The number of aromatic hydroxyl groups is 1. The number of amides is 2. The number of ether oxygens (including phenoxy) is 1. The van der Waals surface area contributed by atoms with Crippen LogP contribution in [-0.4, -0.2) is 59.1 Å². The topological polar surface area (TPSA) is 143 Å². The molecule has 0 saturated carbocycles. The zero-order valence-electron chi connectivity index (χ0n) is 20.1. The summed E-state index contributed by atoms with van der Waals surface area (Å²) in [6, 6.07) is 9.28. The number of rotatable bonds is 10. The van der Waals surface area contributed by atoms with E-state index in [4.69, 9.17) is 4.74 Å². The molecule has 0 radical (unpaired) electrons. The van der Waals surface area contributed by atoms with Crippen molar-refractivity contribution >= 4 is 41.1 Å². The highest BCUT2D eigenvalue weighted by molar-refractivity contribution is 7.12. The number of thiophene rings is 1. The van der Waals surface area contributed by atoms with Gasteiger partial charge in [0.05, 0.1) is 28.9 Å². The van der Waals surface area contributed by atoms with Crippen LogP contribution in [0.2, 0.25) is 0 Å². The standard InChI is InChI=1S/C25H27N5O5S/c1-15-21(16(2)29-25(28-15)26-12-6-9-17-8-4-5-10-19(17)31)23(33)30-18(24(34)35-3)14-27-22(32)20-11-7-13-36-20/h4-11,13,18,31H,12,14H2,1-3H3,(H,27,32)(H,30,33)(H,26,28,29). The van der Waals surface area contributed by atoms with E-state index in [1.165, 1.54) is 18.4 Å². The fraction of sp³-hybridized carbons (Fsp3) is 0.240. The second kappa shape index (κ2) is 12.5. The number of carbonyl (C=O) groups excluding carboxylic acids is 3. The number of nitrogens with zero attached hydrogens (tertiary/aromatic N) is 2. The molecule has 0 bridgehead atoms. The number of aryl methyl sites for hydroxylation is 2. The number of hydrogen-bond donors (Lipinski definition) is 4. The van der Waals surface area contributed by atoms with Crippen LogP contribution in [-0.2, 0) is 9.53 Å². The lowest BCUT2D eigenvalue weighted by molar-refractivity contribution is -0.142. The summed E-state index contributed by atoms with van der Waals surface area (Å²) >= 11 is 1.27. The van der Waals surface area contributed by atoms with E-state index in [2.05, 4.69) is 25.9 Å². The van der Waals surface area contributed by atoms with Crippen molar-refractivity contribution in [1.29, 1.82) is 0 Å². The summed E-state index contributed by atoms with van der Waals surface area (Å²) in [6.07, 6.45) is 3.59. The van der Waals surface area contributed by atoms with E-state index in [0.29, 0.717) is 34.3 Å². The second-order valence-corrected chi connectivity index (χ2v) is 8.62. The van der Waals surface area contributed by atoms with Gasteiger partial charge >= 0.3 is 5.97 Å². The molecule has 11 heteroatoms. The molecule has 1 unspecified atom stereocenters. The second-order valence-electron chi connectivity index (χ2n) is 7.67. The van der Waals surface area contributed by atoms with Crippen molar-refractivity contribution in [2.75, 3.05) is 25.5 Å². The van der Waals surface area contributed by atoms with Crippen molar-refractivity contribution in [3.8, 4) is 5.75 Å². The minimum Gasteiger partial charge on any atom is -0.507 e. The van der Waals surface area contributed by atoms with Gasteiger partial charge < -0.3 is 25.8 Å². The molecule has 3 rings (SSSR count). The van der Waals surface area contributed by atoms with Crippen LogP contribution in [0, 0.1) is 13.8 Å². The number of phenols is 1. The van der Waals surface area contributed by atoms with Gasteiger partial charge in [-0.1, -0.05) is 36.4 Å². The Bertz CT molecular complexity index is 1240. The molecule has 2 heterocycles. The van der Waals surface area contributed by atoms with Gasteiger partial charge in [0.15, 0.2) is 0 Å². The summed E-state index contributed by atoms with van der Waals surface area (Å²) in [4.78, 5) is 46.6. The van der Waals surface area contributed by atoms with E-state index < -0.39 is 17.9 Å². The van der Waals surface area contributed by atoms with Crippen molar-refractivity contribution in [3.05, 3.63) is 75.2 Å². The van der Waals surface area contributed by atoms with Gasteiger partial charge in [-0.25, -0.2) is 14.8 Å². The zero-order chi connectivity index (χ0) is 26.1. The van der Waals surface area contributed by atoms with E-state index in [1.54, 1.807) is 55.6 Å². The van der Waals surface area contributed by atoms with Crippen LogP contribution in [0.5, 0.6) is 5.75 Å². The van der Waals surface area contributed by atoms with Crippen LogP contribution < -0.4 is 16.0 Å². The van der Waals surface area contributed by atoms with Crippen molar-refractivity contribution in [2.45, 2.75) is 19.9 Å². The molecule has 1 aromatic carbocycles. The zero-order valence-corrected chi connectivity index (χ0v) is 20.9. The van der Waals surface area contributed by atoms with Gasteiger partial charge in [0.2, 0.25) is 5.95 Å². The highest BCUT2D eigenvalue weighted by Crippen LogP contribution is 2.17. The highest BCUT2D eigenvalue weighted by atomic mass is 32.1. The predicted octanol–water partition coefficient (Wildman–Crippen LogP) is 2.69. The van der Waals surface area contributed by atoms with Crippen molar-refractivity contribution in [2.24, 2.45) is 0 Å². The van der Waals surface area contributed by atoms with Gasteiger partial charge in [-0.05, 0) is 31.4 Å². The Morgan fingerprint density at radius 1 is 1.08 bits per heavy atom. The Hall–Kier alpha value is -4.25. The van der Waals surface area contributed by atoms with Gasteiger partial charge in [-0.15, -0.1) is 11.3 Å². The van der Waals surface area contributed by atoms with Crippen LogP contribution in [0.3, 0.4) is 0 Å². The number of methoxy groups -OCH3 is 1. The van der Waals surface area contributed by atoms with Crippen molar-refractivity contribution in [1.82, 2.24) is 20.6 Å². The van der Waals surface area contributed by atoms with Gasteiger partial charge in [-0.2, -0.15) is 0 Å². The summed E-state index contributed by atoms with van der Waals surface area (Å²) in [6.45, 7) is 3.58. The Kier molecular flexibility index (Phi) is 9.12. The average Bonchev–Trinajstić information content (AvgIpc) is 3.39. The Labute approximate surface area is 212 Å². The molecule has 10 nitrogen and oxygen atoms in total. The number of nitrogens with one attached hydrogen (secondary N) is 3. The molecule has 0 aliphatic rings. The molecule has 2 aromatic heterocycles. The van der Waals surface area contributed by atoms with Gasteiger partial charge in [-0.3, -0.25) is 9.59 Å². The molecule has 0 aliphatic carbocycles. The molecule has 4 N–H and O–H groups in total. The lowest BCUT2D eigenvalue weighted by Crippen LogP contribution is -2.49. The third-order valence-electron chi connectivity index (χ3n) is 5.11. The molecule has 0 aliphatic heterocycles. The first kappa shape index (κ1) is 26.4. The summed E-state index contributed by atoms with van der Waals surface area (Å²) in [7, 11) is 1.20. The maximum Gasteiger partial charge on any atom is 0.330 e. The largest absolute Gasteiger partial charge is 0.507 e. The summed E-state index contributed by atoms with van der Waals surface area (Å²) in [5.41, 5.74) is 1.74. The van der Waals surface area contributed by atoms with E-state index in [1.807, 2.05) is 12.1 Å². The van der Waals surface area contributed by atoms with Crippen molar-refractivity contribution in [3.63, 3.8) is 0 Å². The first-order chi connectivity index (χ1) is 17.3. The number of carbonyl (C=O) groups is 3. The fourth-order valence-corrected chi connectivity index (χ4v) is 3.98. The molecule has 0 spiro atoms. The van der Waals surface area contributed by atoms with Gasteiger partial charge in [0.25, 0.3) is 11.8 Å². The molecule has 0 saturated heterocycles. The fourth-order valence-electron chi connectivity index (χ4n) is 3.34. The van der Waals surface area contributed by atoms with E-state index >= 15 is 0 Å². The van der Waals surface area contributed by atoms with Crippen LogP contribution in [0.1, 0.15) is 37.0 Å². The molecule has 188 valence electrons. The molecule has 1 atom stereocenters. The normalized spacial score (nSPS) is 11.6. The Morgan fingerprint density at radius 3 is 2.44 bits per heavy atom. The number of anilines is 1. The van der Waals surface area contributed by atoms with Crippen LogP contribution >= 0.6 is 11.3 Å². The minimum atomic E-state index is -1.09. The lowest BCUT2D eigenvalue weighted by atomic mass is 10.1. The smallest absolute Gasteiger partial charge is 0.330 e.